The number of aromatic nitrogens is 3. The van der Waals surface area contributed by atoms with Crippen LogP contribution < -0.4 is 5.73 Å². The summed E-state index contributed by atoms with van der Waals surface area (Å²) < 4.78 is 6.62. The molecule has 6 nitrogen and oxygen atoms in total. The van der Waals surface area contributed by atoms with E-state index in [1.54, 1.807) is 6.20 Å². The van der Waals surface area contributed by atoms with Crippen molar-refractivity contribution in [3.8, 4) is 0 Å². The normalized spacial score (nSPS) is 10.8. The summed E-state index contributed by atoms with van der Waals surface area (Å²) in [7, 11) is 0. The lowest BCUT2D eigenvalue weighted by Crippen LogP contribution is -2.10. The molecule has 1 aromatic heterocycles. The zero-order valence-electron chi connectivity index (χ0n) is 10.4. The highest BCUT2D eigenvalue weighted by atomic mass is 16.5. The molecule has 0 fully saturated rings. The number of hydrogen-bond donors (Lipinski definition) is 1. The second-order valence-corrected chi connectivity index (χ2v) is 4.33. The molecule has 0 aromatic carbocycles. The molecule has 0 aliphatic heterocycles. The van der Waals surface area contributed by atoms with E-state index in [-0.39, 0.29) is 5.69 Å². The molecule has 17 heavy (non-hydrogen) atoms. The smallest absolute Gasteiger partial charge is 0.360 e. The van der Waals surface area contributed by atoms with E-state index in [4.69, 9.17) is 10.5 Å². The number of esters is 1. The number of ether oxygens (including phenoxy) is 1. The molecule has 0 amide bonds. The van der Waals surface area contributed by atoms with E-state index in [1.165, 1.54) is 4.68 Å². The van der Waals surface area contributed by atoms with Crippen LogP contribution in [0.15, 0.2) is 6.20 Å². The van der Waals surface area contributed by atoms with Crippen LogP contribution in [0.5, 0.6) is 0 Å². The maximum Gasteiger partial charge on any atom is 0.360 e. The third kappa shape index (κ3) is 4.95. The Morgan fingerprint density at radius 3 is 3.00 bits per heavy atom. The Bertz CT molecular complexity index is 349. The van der Waals surface area contributed by atoms with E-state index in [1.807, 2.05) is 0 Å². The van der Waals surface area contributed by atoms with E-state index in [9.17, 15) is 4.79 Å². The van der Waals surface area contributed by atoms with E-state index in [0.29, 0.717) is 25.6 Å². The van der Waals surface area contributed by atoms with E-state index in [0.717, 1.165) is 12.8 Å². The predicted octanol–water partition coefficient (Wildman–Crippen LogP) is 0.830. The van der Waals surface area contributed by atoms with Gasteiger partial charge in [-0.1, -0.05) is 19.1 Å². The molecule has 1 aromatic rings. The van der Waals surface area contributed by atoms with Gasteiger partial charge in [0.25, 0.3) is 0 Å². The molecule has 0 atom stereocenters. The van der Waals surface area contributed by atoms with Gasteiger partial charge in [-0.2, -0.15) is 0 Å². The van der Waals surface area contributed by atoms with Gasteiger partial charge in [0.2, 0.25) is 0 Å². The molecule has 1 rings (SSSR count). The van der Waals surface area contributed by atoms with Gasteiger partial charge in [0.05, 0.1) is 19.3 Å². The van der Waals surface area contributed by atoms with Crippen molar-refractivity contribution in [1.29, 1.82) is 0 Å². The average Bonchev–Trinajstić information content (AvgIpc) is 2.73. The summed E-state index contributed by atoms with van der Waals surface area (Å²) in [5.41, 5.74) is 5.61. The molecule has 0 aliphatic rings. The zero-order chi connectivity index (χ0) is 12.7. The highest BCUT2D eigenvalue weighted by Crippen LogP contribution is 2.04. The third-order valence-electron chi connectivity index (χ3n) is 2.26. The molecule has 6 heteroatoms. The van der Waals surface area contributed by atoms with Crippen LogP contribution >= 0.6 is 0 Å². The van der Waals surface area contributed by atoms with Crippen LogP contribution in [0.2, 0.25) is 0 Å². The van der Waals surface area contributed by atoms with E-state index in [2.05, 4.69) is 24.2 Å². The summed E-state index contributed by atoms with van der Waals surface area (Å²) in [5, 5.41) is 7.50. The summed E-state index contributed by atoms with van der Waals surface area (Å²) in [6.45, 7) is 5.72. The van der Waals surface area contributed by atoms with Gasteiger partial charge in [-0.25, -0.2) is 4.79 Å². The fraction of sp³-hybridized carbons (Fsp3) is 0.727. The van der Waals surface area contributed by atoms with Crippen molar-refractivity contribution in [3.05, 3.63) is 11.9 Å². The Balaban J connectivity index is 2.31. The first-order chi connectivity index (χ1) is 8.13. The van der Waals surface area contributed by atoms with Gasteiger partial charge in [0.15, 0.2) is 5.69 Å². The Kier molecular flexibility index (Phi) is 5.62. The van der Waals surface area contributed by atoms with Crippen LogP contribution in [0.4, 0.5) is 0 Å². The van der Waals surface area contributed by atoms with Crippen molar-refractivity contribution in [1.82, 2.24) is 15.0 Å². The quantitative estimate of drug-likeness (QED) is 0.563. The molecule has 0 radical (unpaired) electrons. The predicted molar refractivity (Wildman–Crippen MR) is 63.4 cm³/mol. The van der Waals surface area contributed by atoms with Gasteiger partial charge in [0, 0.05) is 6.54 Å². The van der Waals surface area contributed by atoms with Gasteiger partial charge in [-0.3, -0.25) is 4.68 Å². The minimum atomic E-state index is -0.419. The molecule has 2 N–H and O–H groups in total. The summed E-state index contributed by atoms with van der Waals surface area (Å²) in [5.74, 6) is 0.205. The van der Waals surface area contributed by atoms with Crippen LogP contribution in [-0.4, -0.2) is 34.1 Å². The van der Waals surface area contributed by atoms with Gasteiger partial charge >= 0.3 is 5.97 Å². The highest BCUT2D eigenvalue weighted by molar-refractivity contribution is 5.86. The highest BCUT2D eigenvalue weighted by Gasteiger charge is 2.11. The third-order valence-corrected chi connectivity index (χ3v) is 2.26. The number of carbonyl (C=O) groups is 1. The zero-order valence-corrected chi connectivity index (χ0v) is 10.4. The lowest BCUT2D eigenvalue weighted by atomic mass is 10.1. The summed E-state index contributed by atoms with van der Waals surface area (Å²) in [6.07, 6.45) is 3.48. The fourth-order valence-electron chi connectivity index (χ4n) is 1.36. The SMILES string of the molecule is CC(C)CCCOC(=O)c1cn(CCN)nn1. The van der Waals surface area contributed by atoms with Gasteiger partial charge < -0.3 is 10.5 Å². The maximum atomic E-state index is 11.5. The molecular formula is C11H20N4O2. The van der Waals surface area contributed by atoms with Crippen molar-refractivity contribution >= 4 is 5.97 Å². The number of rotatable bonds is 7. The lowest BCUT2D eigenvalue weighted by molar-refractivity contribution is 0.0487. The maximum absolute atomic E-state index is 11.5. The standard InChI is InChI=1S/C11H20N4O2/c1-9(2)4-3-7-17-11(16)10-8-15(6-5-12)14-13-10/h8-9H,3-7,12H2,1-2H3. The molecule has 0 spiro atoms. The molecule has 0 aliphatic carbocycles. The first kappa shape index (κ1) is 13.6. The minimum Gasteiger partial charge on any atom is -0.461 e. The number of carbonyl (C=O) groups excluding carboxylic acids is 1. The number of nitrogens with zero attached hydrogens (tertiary/aromatic N) is 3. The minimum absolute atomic E-state index is 0.239. The molecule has 96 valence electrons. The molecule has 0 bridgehead atoms. The number of nitrogens with two attached hydrogens (primary N) is 1. The summed E-state index contributed by atoms with van der Waals surface area (Å²) in [6, 6.07) is 0. The monoisotopic (exact) mass is 240 g/mol. The van der Waals surface area contributed by atoms with E-state index >= 15 is 0 Å². The topological polar surface area (TPSA) is 83.0 Å². The van der Waals surface area contributed by atoms with E-state index < -0.39 is 5.97 Å². The van der Waals surface area contributed by atoms with Gasteiger partial charge in [0.1, 0.15) is 0 Å². The van der Waals surface area contributed by atoms with Crippen LogP contribution in [0.25, 0.3) is 0 Å². The second kappa shape index (κ2) is 7.01. The Labute approximate surface area is 101 Å². The Morgan fingerprint density at radius 1 is 1.59 bits per heavy atom. The Morgan fingerprint density at radius 2 is 2.35 bits per heavy atom. The number of hydrogen-bond acceptors (Lipinski definition) is 5. The van der Waals surface area contributed by atoms with Crippen LogP contribution in [0, 0.1) is 5.92 Å². The second-order valence-electron chi connectivity index (χ2n) is 4.33. The summed E-state index contributed by atoms with van der Waals surface area (Å²) in [4.78, 5) is 11.5. The Hall–Kier alpha value is -1.43. The van der Waals surface area contributed by atoms with Crippen LogP contribution in [0.1, 0.15) is 37.2 Å². The van der Waals surface area contributed by atoms with Gasteiger partial charge in [-0.15, -0.1) is 5.10 Å². The van der Waals surface area contributed by atoms with Crippen molar-refractivity contribution in [3.63, 3.8) is 0 Å². The summed E-state index contributed by atoms with van der Waals surface area (Å²) >= 11 is 0. The molecule has 0 saturated carbocycles. The lowest BCUT2D eigenvalue weighted by Gasteiger charge is -2.04. The molecule has 0 saturated heterocycles. The average molecular weight is 240 g/mol. The first-order valence-electron chi connectivity index (χ1n) is 5.90. The molecule has 1 heterocycles. The van der Waals surface area contributed by atoms with Crippen molar-refractivity contribution in [2.24, 2.45) is 11.7 Å². The molecular weight excluding hydrogens is 220 g/mol. The van der Waals surface area contributed by atoms with Crippen LogP contribution in [0.3, 0.4) is 0 Å². The fourth-order valence-corrected chi connectivity index (χ4v) is 1.36. The van der Waals surface area contributed by atoms with Crippen molar-refractivity contribution in [2.45, 2.75) is 33.2 Å². The van der Waals surface area contributed by atoms with Crippen molar-refractivity contribution in [2.75, 3.05) is 13.2 Å². The van der Waals surface area contributed by atoms with Crippen molar-refractivity contribution < 1.29 is 9.53 Å². The van der Waals surface area contributed by atoms with Gasteiger partial charge in [-0.05, 0) is 18.8 Å². The first-order valence-corrected chi connectivity index (χ1v) is 5.90. The van der Waals surface area contributed by atoms with Crippen LogP contribution in [-0.2, 0) is 11.3 Å². The molecule has 0 unspecified atom stereocenters. The largest absolute Gasteiger partial charge is 0.461 e.